The molecule has 0 unspecified atom stereocenters. The molecule has 170 valence electrons. The number of halogens is 1. The van der Waals surface area contributed by atoms with Crippen LogP contribution >= 0.6 is 22.9 Å². The maximum Gasteiger partial charge on any atom is 0.282 e. The third-order valence-corrected chi connectivity index (χ3v) is 7.81. The van der Waals surface area contributed by atoms with E-state index in [0.29, 0.717) is 0 Å². The second-order valence-corrected chi connectivity index (χ2v) is 10.1. The molecule has 1 aliphatic carbocycles. The molecule has 2 aromatic heterocycles. The molecule has 8 heteroatoms. The van der Waals surface area contributed by atoms with Gasteiger partial charge >= 0.3 is 0 Å². The number of anilines is 1. The maximum atomic E-state index is 13.1. The fourth-order valence-electron chi connectivity index (χ4n) is 4.57. The average molecular weight is 488 g/mol. The summed E-state index contributed by atoms with van der Waals surface area (Å²) in [6, 6.07) is 15.8. The van der Waals surface area contributed by atoms with Gasteiger partial charge in [-0.15, -0.1) is 11.3 Å². The van der Waals surface area contributed by atoms with Crippen molar-refractivity contribution in [2.75, 3.05) is 11.6 Å². The van der Waals surface area contributed by atoms with Crippen molar-refractivity contribution < 1.29 is 0 Å². The second-order valence-electron chi connectivity index (χ2n) is 8.55. The van der Waals surface area contributed by atoms with Gasteiger partial charge in [0, 0.05) is 22.9 Å². The van der Waals surface area contributed by atoms with E-state index in [1.807, 2.05) is 53.5 Å². The summed E-state index contributed by atoms with van der Waals surface area (Å²) in [7, 11) is 0. The lowest BCUT2D eigenvalue weighted by molar-refractivity contribution is 0.699. The van der Waals surface area contributed by atoms with E-state index in [4.69, 9.17) is 16.7 Å². The van der Waals surface area contributed by atoms with Gasteiger partial charge in [-0.1, -0.05) is 35.9 Å². The molecule has 0 atom stereocenters. The lowest BCUT2D eigenvalue weighted by Gasteiger charge is -2.13. The first kappa shape index (κ1) is 21.3. The fraction of sp³-hybridized carbons (Fsp3) is 0.231. The summed E-state index contributed by atoms with van der Waals surface area (Å²) in [5, 5.41) is 12.7. The topological polar surface area (TPSA) is 62.9 Å². The number of hydrazone groups is 1. The summed E-state index contributed by atoms with van der Waals surface area (Å²) in [5.41, 5.74) is 5.18. The van der Waals surface area contributed by atoms with Gasteiger partial charge in [0.15, 0.2) is 0 Å². The number of benzene rings is 2. The highest BCUT2D eigenvalue weighted by Crippen LogP contribution is 2.33. The Morgan fingerprint density at radius 3 is 2.62 bits per heavy atom. The Bertz CT molecular complexity index is 1480. The monoisotopic (exact) mass is 487 g/mol. The molecule has 2 aromatic carbocycles. The number of fused-ring (bicyclic) bond motifs is 3. The quantitative estimate of drug-likeness (QED) is 0.358. The van der Waals surface area contributed by atoms with E-state index in [0.717, 1.165) is 70.0 Å². The average Bonchev–Trinajstić information content (AvgIpc) is 3.50. The van der Waals surface area contributed by atoms with Crippen molar-refractivity contribution in [1.82, 2.24) is 9.66 Å². The third kappa shape index (κ3) is 3.95. The highest BCUT2D eigenvalue weighted by molar-refractivity contribution is 7.18. The zero-order valence-electron chi connectivity index (χ0n) is 18.4. The largest absolute Gasteiger partial charge is 0.282 e. The van der Waals surface area contributed by atoms with E-state index >= 15 is 0 Å². The smallest absolute Gasteiger partial charge is 0.267 e. The zero-order valence-corrected chi connectivity index (χ0v) is 20.0. The molecule has 4 aromatic rings. The summed E-state index contributed by atoms with van der Waals surface area (Å²) in [6.07, 6.45) is 8.43. The number of aromatic nitrogens is 2. The number of hydrogen-bond acceptors (Lipinski definition) is 6. The highest BCUT2D eigenvalue weighted by Gasteiger charge is 2.20. The Hall–Kier alpha value is -3.29. The molecule has 6 nitrogen and oxygen atoms in total. The van der Waals surface area contributed by atoms with E-state index in [2.05, 4.69) is 10.1 Å². The number of aryl methyl sites for hydroxylation is 2. The van der Waals surface area contributed by atoms with Crippen molar-refractivity contribution in [3.8, 4) is 0 Å². The standard InChI is InChI=1S/C26H22ClN5OS/c27-19-9-7-18(8-10-19)22-13-14-31(30-22)20-11-5-17(6-12-20)15-29-32-16-28-25-24(26(32)33)21-3-1-2-4-23(21)34-25/h5-12,15-16H,1-4,13-14H2/b29-15+. The highest BCUT2D eigenvalue weighted by atomic mass is 35.5. The molecule has 0 spiro atoms. The molecule has 34 heavy (non-hydrogen) atoms. The van der Waals surface area contributed by atoms with Crippen LogP contribution in [0.4, 0.5) is 5.69 Å². The van der Waals surface area contributed by atoms with E-state index in [1.54, 1.807) is 17.6 Å². The van der Waals surface area contributed by atoms with E-state index < -0.39 is 0 Å². The fourth-order valence-corrected chi connectivity index (χ4v) is 5.91. The molecule has 0 radical (unpaired) electrons. The number of rotatable bonds is 4. The molecule has 0 saturated heterocycles. The second kappa shape index (κ2) is 8.81. The van der Waals surface area contributed by atoms with Crippen LogP contribution in [0.5, 0.6) is 0 Å². The van der Waals surface area contributed by atoms with Gasteiger partial charge in [0.2, 0.25) is 0 Å². The minimum Gasteiger partial charge on any atom is -0.267 e. The first-order valence-electron chi connectivity index (χ1n) is 11.4. The summed E-state index contributed by atoms with van der Waals surface area (Å²) in [5.74, 6) is 0. The van der Waals surface area contributed by atoms with Crippen molar-refractivity contribution in [3.05, 3.63) is 91.8 Å². The van der Waals surface area contributed by atoms with Crippen LogP contribution in [-0.4, -0.2) is 28.1 Å². The number of thiophene rings is 1. The van der Waals surface area contributed by atoms with Gasteiger partial charge in [0.05, 0.1) is 23.0 Å². The van der Waals surface area contributed by atoms with E-state index in [9.17, 15) is 4.79 Å². The minimum atomic E-state index is -0.0848. The molecular weight excluding hydrogens is 466 g/mol. The summed E-state index contributed by atoms with van der Waals surface area (Å²) in [6.45, 7) is 0.831. The minimum absolute atomic E-state index is 0.0848. The number of hydrogen-bond donors (Lipinski definition) is 0. The van der Waals surface area contributed by atoms with E-state index in [1.165, 1.54) is 27.9 Å². The van der Waals surface area contributed by atoms with Crippen LogP contribution in [0.15, 0.2) is 69.9 Å². The van der Waals surface area contributed by atoms with Crippen molar-refractivity contribution >= 4 is 50.8 Å². The first-order chi connectivity index (χ1) is 16.7. The van der Waals surface area contributed by atoms with E-state index in [-0.39, 0.29) is 5.56 Å². The molecule has 0 saturated carbocycles. The van der Waals surface area contributed by atoms with Gasteiger partial charge in [-0.2, -0.15) is 14.9 Å². The Morgan fingerprint density at radius 1 is 1.00 bits per heavy atom. The Kier molecular flexibility index (Phi) is 5.51. The van der Waals surface area contributed by atoms with Gasteiger partial charge in [0.1, 0.15) is 11.2 Å². The van der Waals surface area contributed by atoms with Crippen LogP contribution in [0.25, 0.3) is 10.2 Å². The molecule has 0 N–H and O–H groups in total. The Morgan fingerprint density at radius 2 is 1.79 bits per heavy atom. The molecule has 6 rings (SSSR count). The molecular formula is C26H22ClN5OS. The Labute approximate surface area is 205 Å². The molecule has 0 fully saturated rings. The summed E-state index contributed by atoms with van der Waals surface area (Å²) < 4.78 is 1.35. The maximum absolute atomic E-state index is 13.1. The van der Waals surface area contributed by atoms with Gasteiger partial charge in [-0.3, -0.25) is 9.80 Å². The van der Waals surface area contributed by atoms with Crippen molar-refractivity contribution in [3.63, 3.8) is 0 Å². The third-order valence-electron chi connectivity index (χ3n) is 6.36. The molecule has 1 aliphatic heterocycles. The lowest BCUT2D eigenvalue weighted by Crippen LogP contribution is -2.18. The predicted octanol–water partition coefficient (Wildman–Crippen LogP) is 5.49. The predicted molar refractivity (Wildman–Crippen MR) is 140 cm³/mol. The first-order valence-corrected chi connectivity index (χ1v) is 12.6. The summed E-state index contributed by atoms with van der Waals surface area (Å²) in [4.78, 5) is 19.7. The van der Waals surface area contributed by atoms with Crippen LogP contribution in [0.1, 0.15) is 40.8 Å². The molecule has 0 bridgehead atoms. The van der Waals surface area contributed by atoms with Crippen LogP contribution in [0.3, 0.4) is 0 Å². The normalized spacial score (nSPS) is 15.8. The zero-order chi connectivity index (χ0) is 23.1. The van der Waals surface area contributed by atoms with Gasteiger partial charge in [-0.05, 0) is 66.6 Å². The molecule has 0 amide bonds. The lowest BCUT2D eigenvalue weighted by atomic mass is 9.97. The molecule has 2 aliphatic rings. The van der Waals surface area contributed by atoms with Crippen molar-refractivity contribution in [2.24, 2.45) is 10.2 Å². The Balaban J connectivity index is 1.21. The van der Waals surface area contributed by atoms with Gasteiger partial charge < -0.3 is 0 Å². The number of nitrogens with zero attached hydrogens (tertiary/aromatic N) is 5. The van der Waals surface area contributed by atoms with Gasteiger partial charge in [-0.25, -0.2) is 4.98 Å². The van der Waals surface area contributed by atoms with Crippen molar-refractivity contribution in [1.29, 1.82) is 0 Å². The molecule has 3 heterocycles. The van der Waals surface area contributed by atoms with Gasteiger partial charge in [0.25, 0.3) is 5.56 Å². The van der Waals surface area contributed by atoms with Crippen LogP contribution in [-0.2, 0) is 12.8 Å². The van der Waals surface area contributed by atoms with Crippen molar-refractivity contribution in [2.45, 2.75) is 32.1 Å². The van der Waals surface area contributed by atoms with Crippen LogP contribution in [0, 0.1) is 0 Å². The van der Waals surface area contributed by atoms with Crippen LogP contribution in [0.2, 0.25) is 5.02 Å². The van der Waals surface area contributed by atoms with Crippen LogP contribution < -0.4 is 10.6 Å². The summed E-state index contributed by atoms with van der Waals surface area (Å²) >= 11 is 7.65. The SMILES string of the molecule is O=c1c2c3c(sc2ncn1/N=C/c1ccc(N2CCC(c4ccc(Cl)cc4)=N2)cc1)CCCC3.